The van der Waals surface area contributed by atoms with Crippen LogP contribution in [-0.2, 0) is 14.6 Å². The predicted octanol–water partition coefficient (Wildman–Crippen LogP) is 2.63. The fourth-order valence-corrected chi connectivity index (χ4v) is 4.36. The van der Waals surface area contributed by atoms with Crippen LogP contribution in [0.2, 0.25) is 0 Å². The molecule has 0 saturated carbocycles. The van der Waals surface area contributed by atoms with Gasteiger partial charge >= 0.3 is 0 Å². The fraction of sp³-hybridized carbons (Fsp3) is 0.222. The minimum atomic E-state index is -3.06. The maximum absolute atomic E-state index is 12.2. The maximum atomic E-state index is 12.2. The molecule has 1 saturated heterocycles. The molecule has 2 aromatic rings. The van der Waals surface area contributed by atoms with Gasteiger partial charge in [-0.3, -0.25) is 9.78 Å². The van der Waals surface area contributed by atoms with Gasteiger partial charge in [-0.15, -0.1) is 0 Å². The Balaban J connectivity index is 1.67. The summed E-state index contributed by atoms with van der Waals surface area (Å²) in [6.45, 7) is 0. The second-order valence-electron chi connectivity index (χ2n) is 5.80. The molecule has 1 atom stereocenters. The van der Waals surface area contributed by atoms with Crippen molar-refractivity contribution in [2.45, 2.75) is 6.42 Å². The van der Waals surface area contributed by atoms with Crippen LogP contribution in [0.25, 0.3) is 12.2 Å². The van der Waals surface area contributed by atoms with Gasteiger partial charge in [0, 0.05) is 11.9 Å². The molecule has 2 heterocycles. The van der Waals surface area contributed by atoms with Crippen molar-refractivity contribution in [3.63, 3.8) is 0 Å². The topological polar surface area (TPSA) is 76.1 Å². The number of aromatic nitrogens is 1. The number of sulfone groups is 1. The van der Waals surface area contributed by atoms with Gasteiger partial charge in [-0.25, -0.2) is 8.42 Å². The van der Waals surface area contributed by atoms with Crippen LogP contribution in [0.5, 0.6) is 0 Å². The molecule has 1 aromatic heterocycles. The Kier molecular flexibility index (Phi) is 4.76. The summed E-state index contributed by atoms with van der Waals surface area (Å²) in [5.41, 5.74) is 2.44. The van der Waals surface area contributed by atoms with E-state index in [4.69, 9.17) is 0 Å². The monoisotopic (exact) mass is 342 g/mol. The average Bonchev–Trinajstić information content (AvgIpc) is 2.94. The minimum absolute atomic E-state index is 0.0574. The summed E-state index contributed by atoms with van der Waals surface area (Å²) < 4.78 is 23.0. The van der Waals surface area contributed by atoms with Crippen LogP contribution in [0.15, 0.2) is 48.7 Å². The first-order valence-corrected chi connectivity index (χ1v) is 9.54. The highest BCUT2D eigenvalue weighted by Gasteiger charge is 2.32. The summed E-state index contributed by atoms with van der Waals surface area (Å²) in [4.78, 5) is 16.4. The standard InChI is InChI=1S/C18H18N2O3S/c21-18(15-9-11-24(22,23)13-15)20-17-6-3-4-14(12-17)7-8-16-5-1-2-10-19-16/h1-8,10,12,15H,9,11,13H2,(H,20,21)/b8-7+. The lowest BCUT2D eigenvalue weighted by Crippen LogP contribution is -2.23. The van der Waals surface area contributed by atoms with E-state index in [1.54, 1.807) is 12.3 Å². The maximum Gasteiger partial charge on any atom is 0.228 e. The number of hydrogen-bond acceptors (Lipinski definition) is 4. The number of nitrogens with zero attached hydrogens (tertiary/aromatic N) is 1. The lowest BCUT2D eigenvalue weighted by Gasteiger charge is -2.10. The Morgan fingerprint density at radius 1 is 1.17 bits per heavy atom. The Morgan fingerprint density at radius 3 is 2.75 bits per heavy atom. The molecule has 0 bridgehead atoms. The average molecular weight is 342 g/mol. The second kappa shape index (κ2) is 6.97. The molecule has 1 aliphatic rings. The molecular weight excluding hydrogens is 324 g/mol. The van der Waals surface area contributed by atoms with Crippen molar-refractivity contribution < 1.29 is 13.2 Å². The molecular formula is C18H18N2O3S. The van der Waals surface area contributed by atoms with Gasteiger partial charge in [0.25, 0.3) is 0 Å². The van der Waals surface area contributed by atoms with E-state index in [1.807, 2.05) is 48.6 Å². The van der Waals surface area contributed by atoms with Crippen LogP contribution in [-0.4, -0.2) is 30.8 Å². The first-order chi connectivity index (χ1) is 11.5. The molecule has 0 spiro atoms. The third-order valence-electron chi connectivity index (χ3n) is 3.89. The van der Waals surface area contributed by atoms with E-state index in [0.717, 1.165) is 11.3 Å². The van der Waals surface area contributed by atoms with Crippen LogP contribution in [0.1, 0.15) is 17.7 Å². The van der Waals surface area contributed by atoms with E-state index in [9.17, 15) is 13.2 Å². The third kappa shape index (κ3) is 4.29. The molecule has 1 N–H and O–H groups in total. The molecule has 1 unspecified atom stereocenters. The zero-order valence-corrected chi connectivity index (χ0v) is 13.9. The largest absolute Gasteiger partial charge is 0.326 e. The molecule has 1 amide bonds. The first kappa shape index (κ1) is 16.4. The van der Waals surface area contributed by atoms with Crippen molar-refractivity contribution in [1.29, 1.82) is 0 Å². The normalized spacial score (nSPS) is 19.4. The Labute approximate surface area is 141 Å². The fourth-order valence-electron chi connectivity index (χ4n) is 2.62. The van der Waals surface area contributed by atoms with E-state index >= 15 is 0 Å². The molecule has 6 heteroatoms. The molecule has 1 fully saturated rings. The number of nitrogens with one attached hydrogen (secondary N) is 1. The quantitative estimate of drug-likeness (QED) is 0.927. The lowest BCUT2D eigenvalue weighted by atomic mass is 10.1. The molecule has 3 rings (SSSR count). The van der Waals surface area contributed by atoms with Crippen LogP contribution < -0.4 is 5.32 Å². The number of amides is 1. The van der Waals surface area contributed by atoms with Crippen molar-refractivity contribution in [3.05, 3.63) is 59.9 Å². The number of hydrogen-bond donors (Lipinski definition) is 1. The van der Waals surface area contributed by atoms with Gasteiger partial charge in [0.2, 0.25) is 5.91 Å². The summed E-state index contributed by atoms with van der Waals surface area (Å²) in [5.74, 6) is -0.652. The van der Waals surface area contributed by atoms with Gasteiger partial charge in [0.15, 0.2) is 9.84 Å². The molecule has 1 aliphatic heterocycles. The zero-order chi connectivity index (χ0) is 17.0. The van der Waals surface area contributed by atoms with E-state index in [2.05, 4.69) is 10.3 Å². The number of rotatable bonds is 4. The van der Waals surface area contributed by atoms with Crippen molar-refractivity contribution in [2.24, 2.45) is 5.92 Å². The van der Waals surface area contributed by atoms with Crippen molar-refractivity contribution in [2.75, 3.05) is 16.8 Å². The highest BCUT2D eigenvalue weighted by Crippen LogP contribution is 2.21. The third-order valence-corrected chi connectivity index (χ3v) is 5.66. The van der Waals surface area contributed by atoms with Gasteiger partial charge < -0.3 is 5.32 Å². The van der Waals surface area contributed by atoms with Gasteiger partial charge in [0.05, 0.1) is 23.1 Å². The smallest absolute Gasteiger partial charge is 0.228 e. The predicted molar refractivity (Wildman–Crippen MR) is 95.0 cm³/mol. The summed E-state index contributed by atoms with van der Waals surface area (Å²) >= 11 is 0. The number of carbonyl (C=O) groups is 1. The van der Waals surface area contributed by atoms with E-state index in [0.29, 0.717) is 12.1 Å². The molecule has 0 aliphatic carbocycles. The van der Waals surface area contributed by atoms with Crippen LogP contribution in [0, 0.1) is 5.92 Å². The molecule has 5 nitrogen and oxygen atoms in total. The minimum Gasteiger partial charge on any atom is -0.326 e. The van der Waals surface area contributed by atoms with Gasteiger partial charge in [-0.2, -0.15) is 0 Å². The zero-order valence-electron chi connectivity index (χ0n) is 13.1. The Bertz CT molecular complexity index is 861. The number of benzene rings is 1. The number of anilines is 1. The second-order valence-corrected chi connectivity index (χ2v) is 8.03. The van der Waals surface area contributed by atoms with Crippen LogP contribution in [0.3, 0.4) is 0 Å². The van der Waals surface area contributed by atoms with Crippen molar-refractivity contribution in [3.8, 4) is 0 Å². The Morgan fingerprint density at radius 2 is 2.04 bits per heavy atom. The summed E-state index contributed by atoms with van der Waals surface area (Å²) in [7, 11) is -3.06. The van der Waals surface area contributed by atoms with Crippen molar-refractivity contribution in [1.82, 2.24) is 4.98 Å². The molecule has 0 radical (unpaired) electrons. The van der Waals surface area contributed by atoms with Crippen LogP contribution >= 0.6 is 0 Å². The van der Waals surface area contributed by atoms with E-state index < -0.39 is 15.8 Å². The highest BCUT2D eigenvalue weighted by molar-refractivity contribution is 7.91. The van der Waals surface area contributed by atoms with Gasteiger partial charge in [-0.05, 0) is 42.3 Å². The van der Waals surface area contributed by atoms with Gasteiger partial charge in [0.1, 0.15) is 0 Å². The molecule has 1 aromatic carbocycles. The summed E-state index contributed by atoms with van der Waals surface area (Å²) in [6, 6.07) is 13.1. The van der Waals surface area contributed by atoms with E-state index in [-0.39, 0.29) is 17.4 Å². The van der Waals surface area contributed by atoms with Crippen molar-refractivity contribution >= 4 is 33.6 Å². The number of pyridine rings is 1. The number of carbonyl (C=O) groups excluding carboxylic acids is 1. The van der Waals surface area contributed by atoms with Gasteiger partial charge in [-0.1, -0.05) is 24.3 Å². The molecule has 24 heavy (non-hydrogen) atoms. The van der Waals surface area contributed by atoms with E-state index in [1.165, 1.54) is 0 Å². The Hall–Kier alpha value is -2.47. The summed E-state index contributed by atoms with van der Waals surface area (Å²) in [5, 5.41) is 2.81. The van der Waals surface area contributed by atoms with Crippen LogP contribution in [0.4, 0.5) is 5.69 Å². The highest BCUT2D eigenvalue weighted by atomic mass is 32.2. The first-order valence-electron chi connectivity index (χ1n) is 7.72. The SMILES string of the molecule is O=C(Nc1cccc(/C=C/c2ccccn2)c1)C1CCS(=O)(=O)C1. The molecule has 124 valence electrons. The summed E-state index contributed by atoms with van der Waals surface area (Å²) in [6.07, 6.45) is 5.93. The lowest BCUT2D eigenvalue weighted by molar-refractivity contribution is -0.119.